The van der Waals surface area contributed by atoms with E-state index < -0.39 is 0 Å². The van der Waals surface area contributed by atoms with Crippen molar-refractivity contribution in [1.82, 2.24) is 4.98 Å². The second-order valence-electron chi connectivity index (χ2n) is 2.22. The summed E-state index contributed by atoms with van der Waals surface area (Å²) < 4.78 is 0. The quantitative estimate of drug-likeness (QED) is 0.557. The third kappa shape index (κ3) is 2.12. The molecule has 1 rings (SSSR count). The number of aromatic nitrogens is 1. The number of carbonyl (C=O) groups is 1. The maximum absolute atomic E-state index is 11.3. The molecular weight excluding hydrogens is 206 g/mol. The van der Waals surface area contributed by atoms with Crippen molar-refractivity contribution in [3.63, 3.8) is 0 Å². The number of Topliss-reactive ketones (excluding diaryl/α,β-unsaturated/α-hetero) is 1. The molecule has 0 saturated carbocycles. The van der Waals surface area contributed by atoms with Crippen LogP contribution in [-0.2, 0) is 0 Å². The lowest BCUT2D eigenvalue weighted by atomic mass is 10.1. The first-order chi connectivity index (χ1) is 5.22. The summed E-state index contributed by atoms with van der Waals surface area (Å²) >= 11 is 3.21. The average Bonchev–Trinajstić information content (AvgIpc) is 2.05. The van der Waals surface area contributed by atoms with Gasteiger partial charge in [0.2, 0.25) is 0 Å². The summed E-state index contributed by atoms with van der Waals surface area (Å²) in [6, 6.07) is 3.42. The van der Waals surface area contributed by atoms with E-state index in [4.69, 9.17) is 0 Å². The summed E-state index contributed by atoms with van der Waals surface area (Å²) in [5, 5.41) is 0. The van der Waals surface area contributed by atoms with Gasteiger partial charge in [-0.15, -0.1) is 0 Å². The summed E-state index contributed by atoms with van der Waals surface area (Å²) in [5.41, 5.74) is 0.698. The van der Waals surface area contributed by atoms with E-state index >= 15 is 0 Å². The largest absolute Gasteiger partial charge is 0.293 e. The second kappa shape index (κ2) is 3.62. The van der Waals surface area contributed by atoms with E-state index in [9.17, 15) is 4.79 Å². The Balaban J connectivity index is 2.86. The Bertz CT molecular complexity index is 246. The molecule has 2 nitrogen and oxygen atoms in total. The number of hydrogen-bond acceptors (Lipinski definition) is 2. The maximum Gasteiger partial charge on any atom is 0.176 e. The van der Waals surface area contributed by atoms with E-state index in [2.05, 4.69) is 20.9 Å². The predicted molar refractivity (Wildman–Crippen MR) is 47.0 cm³/mol. The van der Waals surface area contributed by atoms with E-state index in [0.717, 1.165) is 0 Å². The second-order valence-corrected chi connectivity index (χ2v) is 3.59. The zero-order chi connectivity index (χ0) is 8.27. The predicted octanol–water partition coefficient (Wildman–Crippen LogP) is 2.05. The van der Waals surface area contributed by atoms with Crippen molar-refractivity contribution in [2.24, 2.45) is 0 Å². The van der Waals surface area contributed by atoms with Crippen LogP contribution in [0.3, 0.4) is 0 Å². The van der Waals surface area contributed by atoms with E-state index in [1.807, 2.05) is 6.92 Å². The van der Waals surface area contributed by atoms with Gasteiger partial charge in [-0.05, 0) is 19.1 Å². The summed E-state index contributed by atoms with van der Waals surface area (Å²) in [7, 11) is 0. The van der Waals surface area contributed by atoms with Crippen LogP contribution >= 0.6 is 15.9 Å². The van der Waals surface area contributed by atoms with Crippen LogP contribution in [0, 0.1) is 0 Å². The molecule has 1 atom stereocenters. The highest BCUT2D eigenvalue weighted by molar-refractivity contribution is 9.10. The SMILES string of the molecule is C[C@H](Br)C(=O)c1ccncc1. The van der Waals surface area contributed by atoms with Crippen molar-refractivity contribution in [2.75, 3.05) is 0 Å². The molecule has 1 heterocycles. The van der Waals surface area contributed by atoms with Gasteiger partial charge >= 0.3 is 0 Å². The average molecular weight is 214 g/mol. The molecule has 11 heavy (non-hydrogen) atoms. The fourth-order valence-electron chi connectivity index (χ4n) is 0.746. The van der Waals surface area contributed by atoms with Crippen molar-refractivity contribution in [2.45, 2.75) is 11.8 Å². The van der Waals surface area contributed by atoms with Crippen LogP contribution in [-0.4, -0.2) is 15.6 Å². The first kappa shape index (κ1) is 8.40. The maximum atomic E-state index is 11.3. The summed E-state index contributed by atoms with van der Waals surface area (Å²) in [4.78, 5) is 15.0. The Labute approximate surface area is 73.8 Å². The Kier molecular flexibility index (Phi) is 2.76. The number of pyridine rings is 1. The van der Waals surface area contributed by atoms with Crippen molar-refractivity contribution in [3.05, 3.63) is 30.1 Å². The van der Waals surface area contributed by atoms with Crippen LogP contribution in [0.1, 0.15) is 17.3 Å². The highest BCUT2D eigenvalue weighted by Crippen LogP contribution is 2.07. The Morgan fingerprint density at radius 2 is 2.09 bits per heavy atom. The molecule has 0 fully saturated rings. The zero-order valence-corrected chi connectivity index (χ0v) is 7.71. The van der Waals surface area contributed by atoms with Gasteiger partial charge in [0.1, 0.15) is 0 Å². The van der Waals surface area contributed by atoms with Crippen molar-refractivity contribution in [3.8, 4) is 0 Å². The van der Waals surface area contributed by atoms with E-state index in [-0.39, 0.29) is 10.6 Å². The summed E-state index contributed by atoms with van der Waals surface area (Å²) in [5.74, 6) is 0.0902. The smallest absolute Gasteiger partial charge is 0.176 e. The van der Waals surface area contributed by atoms with Crippen LogP contribution in [0.5, 0.6) is 0 Å². The van der Waals surface area contributed by atoms with Gasteiger partial charge in [0.05, 0.1) is 4.83 Å². The van der Waals surface area contributed by atoms with Gasteiger partial charge in [-0.1, -0.05) is 15.9 Å². The Morgan fingerprint density at radius 3 is 2.55 bits per heavy atom. The molecule has 0 unspecified atom stereocenters. The van der Waals surface area contributed by atoms with Crippen LogP contribution in [0.2, 0.25) is 0 Å². The lowest BCUT2D eigenvalue weighted by Gasteiger charge is -2.00. The minimum absolute atomic E-state index is 0.0902. The monoisotopic (exact) mass is 213 g/mol. The molecule has 0 amide bonds. The van der Waals surface area contributed by atoms with Gasteiger partial charge in [0, 0.05) is 18.0 Å². The molecule has 1 aromatic rings. The lowest BCUT2D eigenvalue weighted by Crippen LogP contribution is -2.09. The molecule has 0 aliphatic rings. The third-order valence-electron chi connectivity index (χ3n) is 1.33. The summed E-state index contributed by atoms with van der Waals surface area (Å²) in [6.45, 7) is 1.81. The van der Waals surface area contributed by atoms with E-state index in [1.165, 1.54) is 0 Å². The lowest BCUT2D eigenvalue weighted by molar-refractivity contribution is 0.0996. The van der Waals surface area contributed by atoms with Crippen molar-refractivity contribution < 1.29 is 4.79 Å². The van der Waals surface area contributed by atoms with Crippen LogP contribution in [0.4, 0.5) is 0 Å². The van der Waals surface area contributed by atoms with Gasteiger partial charge in [0.25, 0.3) is 0 Å². The first-order valence-corrected chi connectivity index (χ1v) is 4.21. The molecule has 0 aliphatic carbocycles. The number of carbonyl (C=O) groups excluding carboxylic acids is 1. The van der Waals surface area contributed by atoms with E-state index in [0.29, 0.717) is 5.56 Å². The first-order valence-electron chi connectivity index (χ1n) is 3.30. The van der Waals surface area contributed by atoms with Crippen LogP contribution < -0.4 is 0 Å². The van der Waals surface area contributed by atoms with Crippen LogP contribution in [0.15, 0.2) is 24.5 Å². The molecule has 0 N–H and O–H groups in total. The molecule has 0 spiro atoms. The van der Waals surface area contributed by atoms with Gasteiger partial charge in [-0.3, -0.25) is 9.78 Å². The minimum Gasteiger partial charge on any atom is -0.293 e. The number of alkyl halides is 1. The normalized spacial score (nSPS) is 12.5. The standard InChI is InChI=1S/C8H8BrNO/c1-6(9)8(11)7-2-4-10-5-3-7/h2-6H,1H3/t6-/m0/s1. The molecule has 0 saturated heterocycles. The molecule has 0 aromatic carbocycles. The molecule has 0 radical (unpaired) electrons. The van der Waals surface area contributed by atoms with Gasteiger partial charge in [-0.2, -0.15) is 0 Å². The van der Waals surface area contributed by atoms with Crippen molar-refractivity contribution in [1.29, 1.82) is 0 Å². The molecule has 0 aliphatic heterocycles. The summed E-state index contributed by atoms with van der Waals surface area (Å²) in [6.07, 6.45) is 3.23. The van der Waals surface area contributed by atoms with Gasteiger partial charge in [0.15, 0.2) is 5.78 Å². The molecular formula is C8H8BrNO. The number of nitrogens with zero attached hydrogens (tertiary/aromatic N) is 1. The fraction of sp³-hybridized carbons (Fsp3) is 0.250. The van der Waals surface area contributed by atoms with Crippen molar-refractivity contribution >= 4 is 21.7 Å². The minimum atomic E-state index is -0.120. The molecule has 0 bridgehead atoms. The number of ketones is 1. The Hall–Kier alpha value is -0.700. The number of rotatable bonds is 2. The van der Waals surface area contributed by atoms with Gasteiger partial charge in [-0.25, -0.2) is 0 Å². The highest BCUT2D eigenvalue weighted by Gasteiger charge is 2.10. The highest BCUT2D eigenvalue weighted by atomic mass is 79.9. The molecule has 3 heteroatoms. The number of halogens is 1. The third-order valence-corrected chi connectivity index (χ3v) is 1.74. The van der Waals surface area contributed by atoms with E-state index in [1.54, 1.807) is 24.5 Å². The number of hydrogen-bond donors (Lipinski definition) is 0. The van der Waals surface area contributed by atoms with Gasteiger partial charge < -0.3 is 0 Å². The molecule has 1 aromatic heterocycles. The fourth-order valence-corrected chi connectivity index (χ4v) is 1.01. The van der Waals surface area contributed by atoms with Crippen LogP contribution in [0.25, 0.3) is 0 Å². The molecule has 58 valence electrons. The Morgan fingerprint density at radius 1 is 1.55 bits per heavy atom. The zero-order valence-electron chi connectivity index (χ0n) is 6.12. The topological polar surface area (TPSA) is 30.0 Å².